The Morgan fingerprint density at radius 1 is 1.47 bits per heavy atom. The van der Waals surface area contributed by atoms with Gasteiger partial charge in [0, 0.05) is 18.8 Å². The molecule has 0 aliphatic carbocycles. The van der Waals surface area contributed by atoms with Gasteiger partial charge >= 0.3 is 0 Å². The highest BCUT2D eigenvalue weighted by molar-refractivity contribution is 7.89. The SMILES string of the molecule is CC[C@@H](O)CN1CCc2ccc(S(=O)(=O)NC)cc21. The van der Waals surface area contributed by atoms with E-state index in [1.165, 1.54) is 7.05 Å². The van der Waals surface area contributed by atoms with E-state index < -0.39 is 10.0 Å². The van der Waals surface area contributed by atoms with Gasteiger partial charge in [0.15, 0.2) is 0 Å². The lowest BCUT2D eigenvalue weighted by atomic mass is 10.2. The largest absolute Gasteiger partial charge is 0.391 e. The van der Waals surface area contributed by atoms with Crippen LogP contribution < -0.4 is 9.62 Å². The topological polar surface area (TPSA) is 69.6 Å². The van der Waals surface area contributed by atoms with Crippen LogP contribution in [0.25, 0.3) is 0 Å². The smallest absolute Gasteiger partial charge is 0.240 e. The molecule has 0 bridgehead atoms. The Morgan fingerprint density at radius 3 is 2.84 bits per heavy atom. The average molecular weight is 284 g/mol. The van der Waals surface area contributed by atoms with E-state index in [4.69, 9.17) is 0 Å². The summed E-state index contributed by atoms with van der Waals surface area (Å²) in [7, 11) is -2.01. The van der Waals surface area contributed by atoms with Crippen LogP contribution in [-0.4, -0.2) is 39.8 Å². The molecule has 0 unspecified atom stereocenters. The Kier molecular flexibility index (Phi) is 4.13. The summed E-state index contributed by atoms with van der Waals surface area (Å²) in [4.78, 5) is 2.32. The molecule has 2 N–H and O–H groups in total. The normalized spacial score (nSPS) is 16.5. The number of β-amino-alcohol motifs (C(OH)–C–C–N with tert-alkyl or cyclic N) is 1. The first kappa shape index (κ1) is 14.3. The number of benzene rings is 1. The van der Waals surface area contributed by atoms with E-state index in [2.05, 4.69) is 9.62 Å². The predicted octanol–water partition coefficient (Wildman–Crippen LogP) is 0.728. The van der Waals surface area contributed by atoms with Gasteiger partial charge in [0.05, 0.1) is 11.0 Å². The van der Waals surface area contributed by atoms with E-state index in [0.717, 1.165) is 24.2 Å². The van der Waals surface area contributed by atoms with Gasteiger partial charge in [-0.3, -0.25) is 0 Å². The van der Waals surface area contributed by atoms with Crippen LogP contribution in [0.1, 0.15) is 18.9 Å². The first-order valence-electron chi connectivity index (χ1n) is 6.47. The second-order valence-electron chi connectivity index (χ2n) is 4.76. The minimum Gasteiger partial charge on any atom is -0.391 e. The molecule has 2 rings (SSSR count). The van der Waals surface area contributed by atoms with Crippen molar-refractivity contribution in [2.75, 3.05) is 25.0 Å². The van der Waals surface area contributed by atoms with Crippen LogP contribution in [-0.2, 0) is 16.4 Å². The minimum absolute atomic E-state index is 0.270. The molecule has 1 aliphatic rings. The van der Waals surface area contributed by atoms with E-state index in [-0.39, 0.29) is 11.0 Å². The average Bonchev–Trinajstić information content (AvgIpc) is 2.81. The van der Waals surface area contributed by atoms with Crippen LogP contribution in [0.2, 0.25) is 0 Å². The van der Waals surface area contributed by atoms with Crippen molar-refractivity contribution in [3.8, 4) is 0 Å². The first-order valence-corrected chi connectivity index (χ1v) is 7.95. The zero-order valence-corrected chi connectivity index (χ0v) is 12.1. The summed E-state index contributed by atoms with van der Waals surface area (Å²) in [5, 5.41) is 9.75. The van der Waals surface area contributed by atoms with Gasteiger partial charge < -0.3 is 10.0 Å². The molecule has 1 heterocycles. The van der Waals surface area contributed by atoms with Crippen molar-refractivity contribution in [1.29, 1.82) is 0 Å². The summed E-state index contributed by atoms with van der Waals surface area (Å²) in [6, 6.07) is 5.18. The summed E-state index contributed by atoms with van der Waals surface area (Å²) in [6.07, 6.45) is 1.21. The monoisotopic (exact) mass is 284 g/mol. The van der Waals surface area contributed by atoms with Gasteiger partial charge in [0.25, 0.3) is 0 Å². The summed E-state index contributed by atoms with van der Waals surface area (Å²) in [6.45, 7) is 3.31. The lowest BCUT2D eigenvalue weighted by Gasteiger charge is -2.22. The lowest BCUT2D eigenvalue weighted by Crippen LogP contribution is -2.30. The second kappa shape index (κ2) is 5.48. The summed E-state index contributed by atoms with van der Waals surface area (Å²) in [5.74, 6) is 0. The number of hydrogen-bond donors (Lipinski definition) is 2. The molecule has 0 saturated heterocycles. The number of rotatable bonds is 5. The van der Waals surface area contributed by atoms with Crippen molar-refractivity contribution >= 4 is 15.7 Å². The van der Waals surface area contributed by atoms with Gasteiger partial charge in [-0.15, -0.1) is 0 Å². The van der Waals surface area contributed by atoms with Crippen LogP contribution >= 0.6 is 0 Å². The Hall–Kier alpha value is -1.11. The molecule has 1 atom stereocenters. The number of nitrogens with one attached hydrogen (secondary N) is 1. The summed E-state index contributed by atoms with van der Waals surface area (Å²) < 4.78 is 25.9. The van der Waals surface area contributed by atoms with Crippen LogP contribution in [0.5, 0.6) is 0 Å². The Labute approximate surface area is 114 Å². The van der Waals surface area contributed by atoms with Gasteiger partial charge in [0.1, 0.15) is 0 Å². The lowest BCUT2D eigenvalue weighted by molar-refractivity contribution is 0.176. The Balaban J connectivity index is 2.31. The van der Waals surface area contributed by atoms with Crippen molar-refractivity contribution in [2.45, 2.75) is 30.8 Å². The van der Waals surface area contributed by atoms with Crippen LogP contribution in [0.3, 0.4) is 0 Å². The molecule has 0 aromatic heterocycles. The van der Waals surface area contributed by atoms with Crippen molar-refractivity contribution in [2.24, 2.45) is 0 Å². The van der Waals surface area contributed by atoms with Gasteiger partial charge in [-0.1, -0.05) is 13.0 Å². The van der Waals surface area contributed by atoms with Crippen molar-refractivity contribution < 1.29 is 13.5 Å². The molecule has 0 fully saturated rings. The number of aliphatic hydroxyl groups excluding tert-OH is 1. The van der Waals surface area contributed by atoms with Crippen LogP contribution in [0.15, 0.2) is 23.1 Å². The molecule has 19 heavy (non-hydrogen) atoms. The van der Waals surface area contributed by atoms with Crippen molar-refractivity contribution in [3.05, 3.63) is 23.8 Å². The highest BCUT2D eigenvalue weighted by Gasteiger charge is 2.23. The molecule has 1 aliphatic heterocycles. The van der Waals surface area contributed by atoms with Crippen LogP contribution in [0.4, 0.5) is 5.69 Å². The molecule has 0 spiro atoms. The Bertz CT molecular complexity index is 557. The quantitative estimate of drug-likeness (QED) is 0.836. The zero-order chi connectivity index (χ0) is 14.0. The molecular weight excluding hydrogens is 264 g/mol. The zero-order valence-electron chi connectivity index (χ0n) is 11.3. The van der Waals surface area contributed by atoms with Crippen molar-refractivity contribution in [1.82, 2.24) is 4.72 Å². The van der Waals surface area contributed by atoms with Crippen molar-refractivity contribution in [3.63, 3.8) is 0 Å². The third-order valence-electron chi connectivity index (χ3n) is 3.53. The van der Waals surface area contributed by atoms with Gasteiger partial charge in [-0.2, -0.15) is 0 Å². The highest BCUT2D eigenvalue weighted by Crippen LogP contribution is 2.30. The number of sulfonamides is 1. The number of hydrogen-bond acceptors (Lipinski definition) is 4. The van der Waals surface area contributed by atoms with E-state index >= 15 is 0 Å². The number of anilines is 1. The van der Waals surface area contributed by atoms with E-state index in [9.17, 15) is 13.5 Å². The van der Waals surface area contributed by atoms with Gasteiger partial charge in [-0.25, -0.2) is 13.1 Å². The van der Waals surface area contributed by atoms with E-state index in [1.807, 2.05) is 13.0 Å². The highest BCUT2D eigenvalue weighted by atomic mass is 32.2. The maximum absolute atomic E-state index is 11.8. The fourth-order valence-electron chi connectivity index (χ4n) is 2.28. The van der Waals surface area contributed by atoms with E-state index in [0.29, 0.717) is 13.0 Å². The molecule has 106 valence electrons. The number of fused-ring (bicyclic) bond motifs is 1. The second-order valence-corrected chi connectivity index (χ2v) is 6.64. The molecule has 0 radical (unpaired) electrons. The maximum atomic E-state index is 11.8. The van der Waals surface area contributed by atoms with Gasteiger partial charge in [0.2, 0.25) is 10.0 Å². The van der Waals surface area contributed by atoms with Gasteiger partial charge in [-0.05, 0) is 37.6 Å². The third-order valence-corrected chi connectivity index (χ3v) is 4.94. The fourth-order valence-corrected chi connectivity index (χ4v) is 3.03. The summed E-state index contributed by atoms with van der Waals surface area (Å²) >= 11 is 0. The number of nitrogens with zero attached hydrogens (tertiary/aromatic N) is 1. The predicted molar refractivity (Wildman–Crippen MR) is 74.9 cm³/mol. The molecule has 1 aromatic rings. The molecule has 5 nitrogen and oxygen atoms in total. The molecule has 0 saturated carbocycles. The molecule has 1 aromatic carbocycles. The maximum Gasteiger partial charge on any atom is 0.240 e. The summed E-state index contributed by atoms with van der Waals surface area (Å²) in [5.41, 5.74) is 2.06. The van der Waals surface area contributed by atoms with Crippen LogP contribution in [0, 0.1) is 0 Å². The Morgan fingerprint density at radius 2 is 2.21 bits per heavy atom. The van der Waals surface area contributed by atoms with E-state index in [1.54, 1.807) is 12.1 Å². The minimum atomic E-state index is -3.42. The third kappa shape index (κ3) is 2.91. The molecule has 6 heteroatoms. The standard InChI is InChI=1S/C13H20N2O3S/c1-3-11(16)9-15-7-6-10-4-5-12(8-13(10)15)19(17,18)14-2/h4-5,8,11,14,16H,3,6-7,9H2,1-2H3/t11-/m1/s1. The molecular formula is C13H20N2O3S. The first-order chi connectivity index (χ1) is 8.97. The fraction of sp³-hybridized carbons (Fsp3) is 0.538. The molecule has 0 amide bonds. The number of aliphatic hydroxyl groups is 1.